The summed E-state index contributed by atoms with van der Waals surface area (Å²) in [4.78, 5) is 16.8. The molecule has 3 aliphatic rings. The van der Waals surface area contributed by atoms with Crippen LogP contribution in [-0.4, -0.2) is 78.5 Å². The summed E-state index contributed by atoms with van der Waals surface area (Å²) in [6, 6.07) is 15.5. The Bertz CT molecular complexity index is 1170. The average molecular weight is 477 g/mol. The van der Waals surface area contributed by atoms with Crippen LogP contribution in [0.4, 0.5) is 0 Å². The molecule has 9 nitrogen and oxygen atoms in total. The third-order valence-corrected chi connectivity index (χ3v) is 7.02. The van der Waals surface area contributed by atoms with E-state index in [1.807, 2.05) is 24.3 Å². The minimum Gasteiger partial charge on any atom is -0.497 e. The largest absolute Gasteiger partial charge is 0.497 e. The first-order valence-corrected chi connectivity index (χ1v) is 11.9. The van der Waals surface area contributed by atoms with E-state index in [1.165, 1.54) is 12.0 Å². The zero-order valence-corrected chi connectivity index (χ0v) is 19.7. The number of rotatable bonds is 7. The molecule has 182 valence electrons. The summed E-state index contributed by atoms with van der Waals surface area (Å²) < 4.78 is 22.3. The van der Waals surface area contributed by atoms with E-state index >= 15 is 0 Å². The number of carbonyl (C=O) groups is 1. The van der Waals surface area contributed by atoms with E-state index in [-0.39, 0.29) is 17.9 Å². The number of methoxy groups -OCH3 is 1. The van der Waals surface area contributed by atoms with Gasteiger partial charge in [-0.05, 0) is 48.4 Å². The molecule has 1 aromatic heterocycles. The van der Waals surface area contributed by atoms with Crippen molar-refractivity contribution in [2.75, 3.05) is 46.5 Å². The lowest BCUT2D eigenvalue weighted by molar-refractivity contribution is -0.0123. The highest BCUT2D eigenvalue weighted by atomic mass is 16.5. The average Bonchev–Trinajstić information content (AvgIpc) is 3.52. The molecule has 4 heterocycles. The Morgan fingerprint density at radius 1 is 1.06 bits per heavy atom. The van der Waals surface area contributed by atoms with E-state index in [9.17, 15) is 4.79 Å². The van der Waals surface area contributed by atoms with Crippen molar-refractivity contribution in [3.05, 3.63) is 60.0 Å². The van der Waals surface area contributed by atoms with Gasteiger partial charge in [-0.25, -0.2) is 0 Å². The molecule has 0 unspecified atom stereocenters. The SMILES string of the molecule is COc1ccc(-c2nnc(C(=O)N3CC(Oc4ccc(CN5CC6(CCOC6)C5)cc4)C3)o2)cc1. The Morgan fingerprint density at radius 3 is 2.49 bits per heavy atom. The van der Waals surface area contributed by atoms with Crippen LogP contribution in [0.1, 0.15) is 22.7 Å². The lowest BCUT2D eigenvalue weighted by Gasteiger charge is -2.47. The number of hydrogen-bond donors (Lipinski definition) is 0. The fraction of sp³-hybridized carbons (Fsp3) is 0.423. The maximum atomic E-state index is 12.7. The van der Waals surface area contributed by atoms with Gasteiger partial charge < -0.3 is 23.5 Å². The molecule has 3 aromatic rings. The highest BCUT2D eigenvalue weighted by molar-refractivity contribution is 5.90. The molecule has 0 bridgehead atoms. The highest BCUT2D eigenvalue weighted by Gasteiger charge is 2.45. The first kappa shape index (κ1) is 22.1. The first-order valence-electron chi connectivity index (χ1n) is 11.9. The monoisotopic (exact) mass is 476 g/mol. The van der Waals surface area contributed by atoms with Crippen LogP contribution in [0.3, 0.4) is 0 Å². The zero-order chi connectivity index (χ0) is 23.8. The quantitative estimate of drug-likeness (QED) is 0.514. The van der Waals surface area contributed by atoms with E-state index < -0.39 is 0 Å². The zero-order valence-electron chi connectivity index (χ0n) is 19.7. The van der Waals surface area contributed by atoms with Crippen LogP contribution in [0, 0.1) is 5.41 Å². The van der Waals surface area contributed by atoms with Gasteiger partial charge in [0.2, 0.25) is 5.89 Å². The molecule has 3 saturated heterocycles. The number of likely N-dealkylation sites (tertiary alicyclic amines) is 2. The topological polar surface area (TPSA) is 90.2 Å². The molecule has 9 heteroatoms. The second kappa shape index (κ2) is 8.98. The molecule has 6 rings (SSSR count). The van der Waals surface area contributed by atoms with Crippen molar-refractivity contribution in [3.8, 4) is 23.0 Å². The number of hydrogen-bond acceptors (Lipinski definition) is 8. The van der Waals surface area contributed by atoms with Crippen LogP contribution < -0.4 is 9.47 Å². The molecule has 0 saturated carbocycles. The number of aromatic nitrogens is 2. The molecule has 0 radical (unpaired) electrons. The van der Waals surface area contributed by atoms with Crippen molar-refractivity contribution in [1.29, 1.82) is 0 Å². The number of ether oxygens (including phenoxy) is 3. The third kappa shape index (κ3) is 4.49. The Labute approximate surface area is 203 Å². The summed E-state index contributed by atoms with van der Waals surface area (Å²) in [5, 5.41) is 7.93. The maximum Gasteiger partial charge on any atom is 0.311 e. The molecule has 1 spiro atoms. The summed E-state index contributed by atoms with van der Waals surface area (Å²) >= 11 is 0. The standard InChI is InChI=1S/C26H28N4O5/c1-32-20-8-4-19(5-9-20)23-27-28-24(35-23)25(31)30-13-22(14-30)34-21-6-2-18(3-7-21)12-29-15-26(16-29)10-11-33-17-26/h2-9,22H,10-17H2,1H3. The van der Waals surface area contributed by atoms with Gasteiger partial charge in [0.05, 0.1) is 26.8 Å². The van der Waals surface area contributed by atoms with Crippen molar-refractivity contribution in [2.24, 2.45) is 5.41 Å². The highest BCUT2D eigenvalue weighted by Crippen LogP contribution is 2.39. The summed E-state index contributed by atoms with van der Waals surface area (Å²) in [5.74, 6) is 1.54. The summed E-state index contributed by atoms with van der Waals surface area (Å²) in [6.07, 6.45) is 1.14. The number of benzene rings is 2. The van der Waals surface area contributed by atoms with Crippen molar-refractivity contribution in [2.45, 2.75) is 19.1 Å². The fourth-order valence-electron chi connectivity index (χ4n) is 5.01. The van der Waals surface area contributed by atoms with Gasteiger partial charge in [-0.15, -0.1) is 10.2 Å². The minimum atomic E-state index is -0.285. The van der Waals surface area contributed by atoms with Crippen molar-refractivity contribution < 1.29 is 23.4 Å². The molecule has 3 aliphatic heterocycles. The van der Waals surface area contributed by atoms with Crippen LogP contribution in [0.2, 0.25) is 0 Å². The van der Waals surface area contributed by atoms with E-state index in [4.69, 9.17) is 18.6 Å². The molecule has 0 aliphatic carbocycles. The Kier molecular flexibility index (Phi) is 5.66. The van der Waals surface area contributed by atoms with Gasteiger partial charge in [-0.1, -0.05) is 12.1 Å². The molecule has 35 heavy (non-hydrogen) atoms. The minimum absolute atomic E-state index is 0.0180. The second-order valence-electron chi connectivity index (χ2n) is 9.68. The van der Waals surface area contributed by atoms with Gasteiger partial charge in [0.15, 0.2) is 0 Å². The molecule has 2 aromatic carbocycles. The molecule has 1 amide bonds. The smallest absolute Gasteiger partial charge is 0.311 e. The van der Waals surface area contributed by atoms with E-state index in [0.717, 1.165) is 49.9 Å². The molecule has 0 atom stereocenters. The molecular weight excluding hydrogens is 448 g/mol. The maximum absolute atomic E-state index is 12.7. The second-order valence-corrected chi connectivity index (χ2v) is 9.68. The van der Waals surface area contributed by atoms with E-state index in [1.54, 1.807) is 24.1 Å². The normalized spacial score (nSPS) is 19.4. The summed E-state index contributed by atoms with van der Waals surface area (Å²) in [7, 11) is 1.60. The molecular formula is C26H28N4O5. The predicted octanol–water partition coefficient (Wildman–Crippen LogP) is 2.87. The van der Waals surface area contributed by atoms with E-state index in [2.05, 4.69) is 27.2 Å². The van der Waals surface area contributed by atoms with Crippen molar-refractivity contribution >= 4 is 5.91 Å². The Hall–Kier alpha value is -3.43. The fourth-order valence-corrected chi connectivity index (χ4v) is 5.01. The Balaban J connectivity index is 0.970. The number of nitrogens with zero attached hydrogens (tertiary/aromatic N) is 4. The van der Waals surface area contributed by atoms with Gasteiger partial charge in [0.25, 0.3) is 0 Å². The van der Waals surface area contributed by atoms with Gasteiger partial charge in [0.1, 0.15) is 17.6 Å². The van der Waals surface area contributed by atoms with Crippen LogP contribution >= 0.6 is 0 Å². The van der Waals surface area contributed by atoms with Crippen molar-refractivity contribution in [3.63, 3.8) is 0 Å². The van der Waals surface area contributed by atoms with Crippen LogP contribution in [-0.2, 0) is 11.3 Å². The molecule has 3 fully saturated rings. The van der Waals surface area contributed by atoms with Crippen LogP contribution in [0.25, 0.3) is 11.5 Å². The number of amides is 1. The van der Waals surface area contributed by atoms with Crippen LogP contribution in [0.5, 0.6) is 11.5 Å². The van der Waals surface area contributed by atoms with Gasteiger partial charge in [-0.3, -0.25) is 9.69 Å². The van der Waals surface area contributed by atoms with Gasteiger partial charge >= 0.3 is 11.8 Å². The lowest BCUT2D eigenvalue weighted by Crippen LogP contribution is -2.56. The number of carbonyl (C=O) groups excluding carboxylic acids is 1. The summed E-state index contributed by atoms with van der Waals surface area (Å²) in [5.41, 5.74) is 2.42. The van der Waals surface area contributed by atoms with Gasteiger partial charge in [-0.2, -0.15) is 0 Å². The third-order valence-electron chi connectivity index (χ3n) is 7.02. The first-order chi connectivity index (χ1) is 17.1. The van der Waals surface area contributed by atoms with Crippen LogP contribution in [0.15, 0.2) is 52.9 Å². The Morgan fingerprint density at radius 2 is 1.80 bits per heavy atom. The van der Waals surface area contributed by atoms with Crippen molar-refractivity contribution in [1.82, 2.24) is 20.0 Å². The summed E-state index contributed by atoms with van der Waals surface area (Å²) in [6.45, 7) is 5.99. The molecule has 0 N–H and O–H groups in total. The lowest BCUT2D eigenvalue weighted by atomic mass is 9.79. The van der Waals surface area contributed by atoms with E-state index in [0.29, 0.717) is 24.4 Å². The predicted molar refractivity (Wildman–Crippen MR) is 126 cm³/mol. The van der Waals surface area contributed by atoms with Gasteiger partial charge in [0, 0.05) is 37.2 Å².